The lowest BCUT2D eigenvalue weighted by molar-refractivity contribution is -0.171. The summed E-state index contributed by atoms with van der Waals surface area (Å²) >= 11 is 0. The van der Waals surface area contributed by atoms with Crippen LogP contribution in [-0.4, -0.2) is 25.0 Å². The molecule has 1 aliphatic carbocycles. The van der Waals surface area contributed by atoms with Crippen molar-refractivity contribution in [1.29, 1.82) is 0 Å². The second-order valence-corrected chi connectivity index (χ2v) is 5.96. The Labute approximate surface area is 121 Å². The lowest BCUT2D eigenvalue weighted by Gasteiger charge is -2.32. The second-order valence-electron chi connectivity index (χ2n) is 5.96. The highest BCUT2D eigenvalue weighted by molar-refractivity contribution is 5.14. The summed E-state index contributed by atoms with van der Waals surface area (Å²) in [6, 6.07) is 11.2. The van der Waals surface area contributed by atoms with Crippen LogP contribution in [0, 0.1) is 0 Å². The summed E-state index contributed by atoms with van der Waals surface area (Å²) in [4.78, 5) is 0. The van der Waals surface area contributed by atoms with E-state index in [4.69, 9.17) is 9.47 Å². The zero-order valence-corrected chi connectivity index (χ0v) is 12.1. The van der Waals surface area contributed by atoms with Gasteiger partial charge in [0.15, 0.2) is 5.79 Å². The van der Waals surface area contributed by atoms with Crippen LogP contribution in [0.2, 0.25) is 0 Å². The van der Waals surface area contributed by atoms with Crippen LogP contribution in [0.25, 0.3) is 0 Å². The minimum atomic E-state index is -0.257. The molecule has 1 N–H and O–H groups in total. The molecule has 3 heteroatoms. The van der Waals surface area contributed by atoms with E-state index in [0.29, 0.717) is 6.04 Å². The number of ether oxygens (including phenoxy) is 2. The van der Waals surface area contributed by atoms with Gasteiger partial charge in [0.05, 0.1) is 13.2 Å². The van der Waals surface area contributed by atoms with E-state index in [1.54, 1.807) is 0 Å². The average molecular weight is 275 g/mol. The van der Waals surface area contributed by atoms with Gasteiger partial charge >= 0.3 is 0 Å². The monoisotopic (exact) mass is 275 g/mol. The lowest BCUT2D eigenvalue weighted by Crippen LogP contribution is -2.37. The molecule has 20 heavy (non-hydrogen) atoms. The average Bonchev–Trinajstić information content (AvgIpc) is 2.94. The number of hydrogen-bond donors (Lipinski definition) is 1. The Morgan fingerprint density at radius 3 is 2.60 bits per heavy atom. The molecule has 0 aromatic heterocycles. The van der Waals surface area contributed by atoms with E-state index in [9.17, 15) is 0 Å². The summed E-state index contributed by atoms with van der Waals surface area (Å²) in [6.07, 6.45) is 6.98. The normalized spacial score (nSPS) is 26.3. The van der Waals surface area contributed by atoms with E-state index >= 15 is 0 Å². The predicted octanol–water partition coefficient (Wildman–Crippen LogP) is 3.24. The number of hydrogen-bond acceptors (Lipinski definition) is 3. The van der Waals surface area contributed by atoms with E-state index < -0.39 is 0 Å². The Kier molecular flexibility index (Phi) is 4.71. The molecule has 0 radical (unpaired) electrons. The van der Waals surface area contributed by atoms with Gasteiger partial charge in [-0.2, -0.15) is 0 Å². The highest BCUT2D eigenvalue weighted by atomic mass is 16.7. The fourth-order valence-electron chi connectivity index (χ4n) is 3.30. The molecule has 2 aliphatic rings. The van der Waals surface area contributed by atoms with Gasteiger partial charge in [-0.3, -0.25) is 0 Å². The van der Waals surface area contributed by atoms with Gasteiger partial charge < -0.3 is 14.8 Å². The molecule has 1 saturated heterocycles. The Hall–Kier alpha value is -0.900. The molecule has 0 amide bonds. The third kappa shape index (κ3) is 3.60. The minimum Gasteiger partial charge on any atom is -0.348 e. The van der Waals surface area contributed by atoms with E-state index in [0.717, 1.165) is 39.0 Å². The summed E-state index contributed by atoms with van der Waals surface area (Å²) < 4.78 is 11.8. The van der Waals surface area contributed by atoms with Gasteiger partial charge in [-0.25, -0.2) is 0 Å². The first-order valence-electron chi connectivity index (χ1n) is 7.92. The fraction of sp³-hybridized carbons (Fsp3) is 0.647. The standard InChI is InChI=1S/C17H25NO2/c1-2-6-15(7-3-1)14-18-16-8-4-5-10-17(11-9-16)19-12-13-20-17/h1-3,6-7,16,18H,4-5,8-14H2. The first-order valence-corrected chi connectivity index (χ1v) is 7.92. The van der Waals surface area contributed by atoms with Crippen LogP contribution < -0.4 is 5.32 Å². The topological polar surface area (TPSA) is 30.5 Å². The van der Waals surface area contributed by atoms with Crippen molar-refractivity contribution in [2.45, 2.75) is 56.9 Å². The molecular formula is C17H25NO2. The van der Waals surface area contributed by atoms with Crippen molar-refractivity contribution in [2.75, 3.05) is 13.2 Å². The first kappa shape index (κ1) is 14.1. The zero-order chi connectivity index (χ0) is 13.7. The molecule has 1 atom stereocenters. The maximum Gasteiger partial charge on any atom is 0.168 e. The molecule has 1 aromatic carbocycles. The predicted molar refractivity (Wildman–Crippen MR) is 79.4 cm³/mol. The van der Waals surface area contributed by atoms with Crippen molar-refractivity contribution >= 4 is 0 Å². The van der Waals surface area contributed by atoms with Crippen LogP contribution >= 0.6 is 0 Å². The number of nitrogens with one attached hydrogen (secondary N) is 1. The maximum atomic E-state index is 5.88. The molecule has 1 unspecified atom stereocenters. The molecule has 0 bridgehead atoms. The Morgan fingerprint density at radius 2 is 1.80 bits per heavy atom. The van der Waals surface area contributed by atoms with E-state index in [2.05, 4.69) is 35.6 Å². The molecule has 110 valence electrons. The molecule has 1 aromatic rings. The highest BCUT2D eigenvalue weighted by Gasteiger charge is 2.37. The van der Waals surface area contributed by atoms with Crippen molar-refractivity contribution in [3.63, 3.8) is 0 Å². The Bertz CT molecular complexity index is 401. The van der Waals surface area contributed by atoms with Gasteiger partial charge in [0, 0.05) is 25.4 Å². The first-order chi connectivity index (χ1) is 9.86. The van der Waals surface area contributed by atoms with E-state index in [1.807, 2.05) is 0 Å². The minimum absolute atomic E-state index is 0.257. The number of benzene rings is 1. The maximum absolute atomic E-state index is 5.88. The fourth-order valence-corrected chi connectivity index (χ4v) is 3.30. The van der Waals surface area contributed by atoms with Crippen LogP contribution in [0.5, 0.6) is 0 Å². The third-order valence-electron chi connectivity index (χ3n) is 4.49. The highest BCUT2D eigenvalue weighted by Crippen LogP contribution is 2.33. The van der Waals surface area contributed by atoms with Gasteiger partial charge in [-0.15, -0.1) is 0 Å². The molecule has 3 rings (SSSR count). The number of rotatable bonds is 3. The summed E-state index contributed by atoms with van der Waals surface area (Å²) in [5, 5.41) is 3.70. The van der Waals surface area contributed by atoms with Crippen LogP contribution in [0.4, 0.5) is 0 Å². The van der Waals surface area contributed by atoms with Gasteiger partial charge in [-0.05, 0) is 24.8 Å². The van der Waals surface area contributed by atoms with Crippen molar-refractivity contribution in [2.24, 2.45) is 0 Å². The SMILES string of the molecule is c1ccc(CNC2CCCCC3(CC2)OCCO3)cc1. The van der Waals surface area contributed by atoms with E-state index in [-0.39, 0.29) is 5.79 Å². The van der Waals surface area contributed by atoms with Crippen molar-refractivity contribution in [3.05, 3.63) is 35.9 Å². The molecule has 3 nitrogen and oxygen atoms in total. The molecule has 1 aliphatic heterocycles. The summed E-state index contributed by atoms with van der Waals surface area (Å²) in [5.74, 6) is -0.257. The van der Waals surface area contributed by atoms with Gasteiger partial charge in [0.1, 0.15) is 0 Å². The van der Waals surface area contributed by atoms with E-state index in [1.165, 1.54) is 24.8 Å². The molecular weight excluding hydrogens is 250 g/mol. The third-order valence-corrected chi connectivity index (χ3v) is 4.49. The smallest absolute Gasteiger partial charge is 0.168 e. The van der Waals surface area contributed by atoms with Gasteiger partial charge in [0.2, 0.25) is 0 Å². The van der Waals surface area contributed by atoms with Gasteiger partial charge in [-0.1, -0.05) is 36.8 Å². The van der Waals surface area contributed by atoms with Crippen molar-refractivity contribution < 1.29 is 9.47 Å². The van der Waals surface area contributed by atoms with Crippen LogP contribution in [-0.2, 0) is 16.0 Å². The lowest BCUT2D eigenvalue weighted by atomic mass is 9.92. The Morgan fingerprint density at radius 1 is 1.00 bits per heavy atom. The van der Waals surface area contributed by atoms with Crippen LogP contribution in [0.15, 0.2) is 30.3 Å². The summed E-state index contributed by atoms with van der Waals surface area (Å²) in [5.41, 5.74) is 1.36. The molecule has 2 fully saturated rings. The summed E-state index contributed by atoms with van der Waals surface area (Å²) in [7, 11) is 0. The van der Waals surface area contributed by atoms with Crippen molar-refractivity contribution in [3.8, 4) is 0 Å². The second kappa shape index (κ2) is 6.70. The Balaban J connectivity index is 1.51. The van der Waals surface area contributed by atoms with Crippen molar-refractivity contribution in [1.82, 2.24) is 5.32 Å². The summed E-state index contributed by atoms with van der Waals surface area (Å²) in [6.45, 7) is 2.49. The van der Waals surface area contributed by atoms with Crippen LogP contribution in [0.1, 0.15) is 44.1 Å². The molecule has 1 saturated carbocycles. The van der Waals surface area contributed by atoms with Gasteiger partial charge in [0.25, 0.3) is 0 Å². The largest absolute Gasteiger partial charge is 0.348 e. The quantitative estimate of drug-likeness (QED) is 0.918. The molecule has 1 spiro atoms. The molecule has 1 heterocycles. The van der Waals surface area contributed by atoms with Crippen LogP contribution in [0.3, 0.4) is 0 Å². The zero-order valence-electron chi connectivity index (χ0n) is 12.1.